The van der Waals surface area contributed by atoms with Gasteiger partial charge in [0.2, 0.25) is 5.95 Å². The minimum atomic E-state index is -3.92. The first-order valence-corrected chi connectivity index (χ1v) is 9.72. The number of nitrogens with zero attached hydrogens (tertiary/aromatic N) is 3. The van der Waals surface area contributed by atoms with Gasteiger partial charge in [0.1, 0.15) is 5.56 Å². The number of para-hydroxylation sites is 1. The number of anilines is 2. The molecular formula is C18H15N5O5S. The summed E-state index contributed by atoms with van der Waals surface area (Å²) >= 11 is 0. The summed E-state index contributed by atoms with van der Waals surface area (Å²) in [4.78, 5) is 30.5. The normalized spacial score (nSPS) is 10.9. The van der Waals surface area contributed by atoms with E-state index in [4.69, 9.17) is 0 Å². The predicted octanol–water partition coefficient (Wildman–Crippen LogP) is 2.75. The van der Waals surface area contributed by atoms with Crippen LogP contribution in [0.2, 0.25) is 0 Å². The van der Waals surface area contributed by atoms with Crippen LogP contribution in [0.4, 0.5) is 17.3 Å². The third-order valence-electron chi connectivity index (χ3n) is 3.79. The van der Waals surface area contributed by atoms with E-state index in [9.17, 15) is 23.3 Å². The van der Waals surface area contributed by atoms with Crippen LogP contribution in [-0.4, -0.2) is 29.2 Å². The highest BCUT2D eigenvalue weighted by Crippen LogP contribution is 2.21. The molecule has 0 aliphatic heterocycles. The summed E-state index contributed by atoms with van der Waals surface area (Å²) < 4.78 is 27.1. The summed E-state index contributed by atoms with van der Waals surface area (Å²) in [5.41, 5.74) is 0.448. The zero-order valence-electron chi connectivity index (χ0n) is 15.1. The lowest BCUT2D eigenvalue weighted by atomic mass is 10.1. The number of nitro groups is 1. The largest absolute Gasteiger partial charge is 0.322 e. The molecule has 0 radical (unpaired) electrons. The standard InChI is InChI=1S/C18H15N5O5S/c1-12-10-11-19-18(20-12)22-29(27,28)14-8-6-13(7-9-14)21-17(24)15-4-2-3-5-16(15)23(25)26/h2-11H,1H3,(H,21,24)(H,19,20,22). The van der Waals surface area contributed by atoms with Gasteiger partial charge in [-0.25, -0.2) is 23.1 Å². The Labute approximate surface area is 165 Å². The van der Waals surface area contributed by atoms with Crippen LogP contribution < -0.4 is 10.0 Å². The van der Waals surface area contributed by atoms with Crippen molar-refractivity contribution in [3.8, 4) is 0 Å². The van der Waals surface area contributed by atoms with E-state index in [1.807, 2.05) is 0 Å². The maximum Gasteiger partial charge on any atom is 0.282 e. The molecule has 0 fully saturated rings. The molecule has 10 nitrogen and oxygen atoms in total. The maximum atomic E-state index is 12.4. The third kappa shape index (κ3) is 4.71. The van der Waals surface area contributed by atoms with Gasteiger partial charge in [-0.1, -0.05) is 12.1 Å². The zero-order valence-corrected chi connectivity index (χ0v) is 15.9. The Morgan fingerprint density at radius 2 is 1.76 bits per heavy atom. The van der Waals surface area contributed by atoms with E-state index >= 15 is 0 Å². The summed E-state index contributed by atoms with van der Waals surface area (Å²) in [7, 11) is -3.92. The van der Waals surface area contributed by atoms with Crippen LogP contribution in [0.25, 0.3) is 0 Å². The molecule has 0 bridgehead atoms. The first-order valence-electron chi connectivity index (χ1n) is 8.23. The summed E-state index contributed by atoms with van der Waals surface area (Å²) in [6, 6.07) is 12.5. The van der Waals surface area contributed by atoms with E-state index in [1.165, 1.54) is 54.7 Å². The van der Waals surface area contributed by atoms with E-state index in [0.717, 1.165) is 0 Å². The minimum Gasteiger partial charge on any atom is -0.322 e. The van der Waals surface area contributed by atoms with Gasteiger partial charge in [-0.05, 0) is 43.3 Å². The molecule has 0 aliphatic carbocycles. The third-order valence-corrected chi connectivity index (χ3v) is 5.13. The number of nitrogens with one attached hydrogen (secondary N) is 2. The Kier molecular flexibility index (Phi) is 5.50. The number of nitro benzene ring substituents is 1. The summed E-state index contributed by atoms with van der Waals surface area (Å²) in [6.07, 6.45) is 1.43. The van der Waals surface area contributed by atoms with E-state index in [-0.39, 0.29) is 27.8 Å². The fraction of sp³-hybridized carbons (Fsp3) is 0.0556. The molecule has 1 amide bonds. The summed E-state index contributed by atoms with van der Waals surface area (Å²) in [5, 5.41) is 13.6. The fourth-order valence-corrected chi connectivity index (χ4v) is 3.37. The highest BCUT2D eigenvalue weighted by molar-refractivity contribution is 7.92. The Hall–Kier alpha value is -3.86. The molecule has 29 heavy (non-hydrogen) atoms. The molecule has 11 heteroatoms. The maximum absolute atomic E-state index is 12.4. The van der Waals surface area contributed by atoms with Gasteiger partial charge in [-0.3, -0.25) is 14.9 Å². The number of carbonyl (C=O) groups is 1. The van der Waals surface area contributed by atoms with E-state index < -0.39 is 20.9 Å². The number of aromatic nitrogens is 2. The van der Waals surface area contributed by atoms with Crippen LogP contribution in [0.5, 0.6) is 0 Å². The molecule has 2 N–H and O–H groups in total. The van der Waals surface area contributed by atoms with Crippen molar-refractivity contribution in [3.63, 3.8) is 0 Å². The van der Waals surface area contributed by atoms with Crippen LogP contribution in [-0.2, 0) is 10.0 Å². The number of sulfonamides is 1. The van der Waals surface area contributed by atoms with Crippen molar-refractivity contribution in [2.45, 2.75) is 11.8 Å². The topological polar surface area (TPSA) is 144 Å². The number of rotatable bonds is 6. The molecule has 0 saturated heterocycles. The number of hydrogen-bond donors (Lipinski definition) is 2. The highest BCUT2D eigenvalue weighted by atomic mass is 32.2. The SMILES string of the molecule is Cc1ccnc(NS(=O)(=O)c2ccc(NC(=O)c3ccccc3[N+](=O)[O-])cc2)n1. The molecule has 1 aromatic heterocycles. The smallest absolute Gasteiger partial charge is 0.282 e. The predicted molar refractivity (Wildman–Crippen MR) is 105 cm³/mol. The van der Waals surface area contributed by atoms with Gasteiger partial charge in [-0.15, -0.1) is 0 Å². The van der Waals surface area contributed by atoms with Crippen molar-refractivity contribution in [3.05, 3.63) is 82.2 Å². The van der Waals surface area contributed by atoms with Gasteiger partial charge in [0, 0.05) is 23.6 Å². The van der Waals surface area contributed by atoms with E-state index in [2.05, 4.69) is 20.0 Å². The monoisotopic (exact) mass is 413 g/mol. The van der Waals surface area contributed by atoms with Gasteiger partial charge >= 0.3 is 0 Å². The van der Waals surface area contributed by atoms with Gasteiger partial charge in [-0.2, -0.15) is 0 Å². The van der Waals surface area contributed by atoms with Gasteiger partial charge in [0.15, 0.2) is 0 Å². The number of carbonyl (C=O) groups excluding carboxylic acids is 1. The molecule has 148 valence electrons. The molecule has 0 aliphatic rings. The fourth-order valence-electron chi connectivity index (χ4n) is 2.42. The molecule has 1 heterocycles. The Morgan fingerprint density at radius 3 is 2.41 bits per heavy atom. The van der Waals surface area contributed by atoms with Crippen LogP contribution in [0.3, 0.4) is 0 Å². The van der Waals surface area contributed by atoms with Crippen molar-refractivity contribution in [1.82, 2.24) is 9.97 Å². The van der Waals surface area contributed by atoms with Crippen molar-refractivity contribution < 1.29 is 18.1 Å². The van der Waals surface area contributed by atoms with Crippen LogP contribution in [0.1, 0.15) is 16.1 Å². The second-order valence-corrected chi connectivity index (χ2v) is 7.56. The van der Waals surface area contributed by atoms with Gasteiger partial charge < -0.3 is 5.32 Å². The van der Waals surface area contributed by atoms with Crippen LogP contribution in [0, 0.1) is 17.0 Å². The summed E-state index contributed by atoms with van der Waals surface area (Å²) in [5.74, 6) is -0.738. The molecule has 0 spiro atoms. The molecule has 3 aromatic rings. The number of aryl methyl sites for hydroxylation is 1. The first kappa shape index (κ1) is 19.9. The summed E-state index contributed by atoms with van der Waals surface area (Å²) in [6.45, 7) is 1.70. The molecule has 2 aromatic carbocycles. The molecule has 0 saturated carbocycles. The van der Waals surface area contributed by atoms with Crippen LogP contribution in [0.15, 0.2) is 65.7 Å². The van der Waals surface area contributed by atoms with Crippen molar-refractivity contribution in [2.24, 2.45) is 0 Å². The minimum absolute atomic E-state index is 0.0567. The lowest BCUT2D eigenvalue weighted by Gasteiger charge is -2.09. The molecule has 3 rings (SSSR count). The van der Waals surface area contributed by atoms with Gasteiger partial charge in [0.05, 0.1) is 9.82 Å². The quantitative estimate of drug-likeness (QED) is 0.467. The van der Waals surface area contributed by atoms with E-state index in [1.54, 1.807) is 13.0 Å². The highest BCUT2D eigenvalue weighted by Gasteiger charge is 2.20. The van der Waals surface area contributed by atoms with E-state index in [0.29, 0.717) is 5.69 Å². The Bertz CT molecular complexity index is 1180. The molecular weight excluding hydrogens is 398 g/mol. The van der Waals surface area contributed by atoms with Crippen molar-refractivity contribution >= 4 is 33.3 Å². The Morgan fingerprint density at radius 1 is 1.07 bits per heavy atom. The zero-order chi connectivity index (χ0) is 21.0. The second kappa shape index (κ2) is 8.02. The second-order valence-electron chi connectivity index (χ2n) is 5.88. The number of amides is 1. The number of benzene rings is 2. The molecule has 0 unspecified atom stereocenters. The lowest BCUT2D eigenvalue weighted by molar-refractivity contribution is -0.385. The van der Waals surface area contributed by atoms with Gasteiger partial charge in [0.25, 0.3) is 21.6 Å². The average Bonchev–Trinajstić information content (AvgIpc) is 2.68. The molecule has 0 atom stereocenters. The lowest BCUT2D eigenvalue weighted by Crippen LogP contribution is -2.16. The first-order chi connectivity index (χ1) is 13.8. The van der Waals surface area contributed by atoms with Crippen molar-refractivity contribution in [1.29, 1.82) is 0 Å². The van der Waals surface area contributed by atoms with Crippen LogP contribution >= 0.6 is 0 Å². The Balaban J connectivity index is 1.76. The number of hydrogen-bond acceptors (Lipinski definition) is 7. The van der Waals surface area contributed by atoms with Crippen molar-refractivity contribution in [2.75, 3.05) is 10.0 Å². The average molecular weight is 413 g/mol.